The topological polar surface area (TPSA) is 117 Å². The molecule has 0 aliphatic carbocycles. The van der Waals surface area contributed by atoms with Crippen LogP contribution in [0.3, 0.4) is 0 Å². The fourth-order valence-electron chi connectivity index (χ4n) is 4.13. The summed E-state index contributed by atoms with van der Waals surface area (Å²) in [5.41, 5.74) is 2.45. The van der Waals surface area contributed by atoms with Crippen molar-refractivity contribution in [3.63, 3.8) is 0 Å². The van der Waals surface area contributed by atoms with Gasteiger partial charge in [0.2, 0.25) is 0 Å². The van der Waals surface area contributed by atoms with E-state index in [0.717, 1.165) is 5.56 Å². The number of benzene rings is 1. The third-order valence-corrected chi connectivity index (χ3v) is 5.55. The van der Waals surface area contributed by atoms with Crippen molar-refractivity contribution in [1.29, 1.82) is 0 Å². The maximum atomic E-state index is 15.0. The first kappa shape index (κ1) is 17.6. The summed E-state index contributed by atoms with van der Waals surface area (Å²) < 4.78 is 23.6. The van der Waals surface area contributed by atoms with E-state index in [4.69, 9.17) is 4.74 Å². The van der Waals surface area contributed by atoms with Gasteiger partial charge in [0.1, 0.15) is 18.2 Å². The van der Waals surface area contributed by atoms with Crippen molar-refractivity contribution in [2.45, 2.75) is 25.1 Å². The second-order valence-corrected chi connectivity index (χ2v) is 7.31. The van der Waals surface area contributed by atoms with Crippen LogP contribution in [0, 0.1) is 5.82 Å². The Morgan fingerprint density at radius 3 is 2.87 bits per heavy atom. The monoisotopic (exact) mass is 419 g/mol. The number of amides is 1. The van der Waals surface area contributed by atoms with Gasteiger partial charge in [-0.25, -0.2) is 18.9 Å². The van der Waals surface area contributed by atoms with E-state index < -0.39 is 18.0 Å². The third kappa shape index (κ3) is 2.83. The number of pyridine rings is 1. The van der Waals surface area contributed by atoms with E-state index in [1.54, 1.807) is 41.5 Å². The molecule has 0 bridgehead atoms. The minimum atomic E-state index is -0.478. The number of hydrogen-bond donors (Lipinski definition) is 0. The third-order valence-electron chi connectivity index (χ3n) is 5.55. The molecule has 2 aliphatic rings. The maximum absolute atomic E-state index is 15.0. The number of cyclic esters (lactones) is 1. The fourth-order valence-corrected chi connectivity index (χ4v) is 4.13. The Balaban J connectivity index is 1.31. The molecule has 0 spiro atoms. The summed E-state index contributed by atoms with van der Waals surface area (Å²) in [7, 11) is 0. The van der Waals surface area contributed by atoms with Gasteiger partial charge in [-0.05, 0) is 46.7 Å². The molecule has 1 unspecified atom stereocenters. The van der Waals surface area contributed by atoms with Crippen molar-refractivity contribution in [3.05, 3.63) is 60.6 Å². The van der Waals surface area contributed by atoms with E-state index in [-0.39, 0.29) is 6.04 Å². The van der Waals surface area contributed by atoms with Gasteiger partial charge >= 0.3 is 6.09 Å². The fraction of sp³-hybridized carbons (Fsp3) is 0.211. The highest BCUT2D eigenvalue weighted by molar-refractivity contribution is 5.94. The van der Waals surface area contributed by atoms with E-state index in [1.165, 1.54) is 22.0 Å². The number of fused-ring (bicyclic) bond motifs is 3. The maximum Gasteiger partial charge on any atom is 0.415 e. The molecule has 5 heterocycles. The lowest BCUT2D eigenvalue weighted by molar-refractivity contribution is 0.117. The van der Waals surface area contributed by atoms with Gasteiger partial charge in [0.25, 0.3) is 0 Å². The molecule has 2 aliphatic heterocycles. The zero-order chi connectivity index (χ0) is 20.9. The van der Waals surface area contributed by atoms with Crippen LogP contribution in [0.25, 0.3) is 16.9 Å². The SMILES string of the molecule is O=C1OC(Cn2ccnn2)[C@@H]2Cc3cc(-c4ccc(-n5cnnn5)nc4)c(F)cc3N12. The molecule has 31 heavy (non-hydrogen) atoms. The van der Waals surface area contributed by atoms with Crippen LogP contribution >= 0.6 is 0 Å². The predicted molar refractivity (Wildman–Crippen MR) is 103 cm³/mol. The van der Waals surface area contributed by atoms with Crippen molar-refractivity contribution < 1.29 is 13.9 Å². The zero-order valence-corrected chi connectivity index (χ0v) is 15.9. The minimum absolute atomic E-state index is 0.221. The Morgan fingerprint density at radius 2 is 2.13 bits per heavy atom. The van der Waals surface area contributed by atoms with Crippen molar-refractivity contribution in [2.75, 3.05) is 4.90 Å². The van der Waals surface area contributed by atoms with E-state index in [9.17, 15) is 4.79 Å². The number of carbonyl (C=O) groups excluding carboxylic acids is 1. The Kier molecular flexibility index (Phi) is 3.78. The predicted octanol–water partition coefficient (Wildman–Crippen LogP) is 1.40. The number of hydrogen-bond acceptors (Lipinski definition) is 8. The average Bonchev–Trinajstić information content (AvgIpc) is 3.55. The summed E-state index contributed by atoms with van der Waals surface area (Å²) in [6.07, 6.45) is 5.96. The standard InChI is InChI=1S/C19H14FN9O2/c20-14-7-15-12(5-13(14)11-1-2-18(21-8-11)28-10-23-24-26-28)6-16-17(31-19(30)29(15)16)9-27-4-3-22-25-27/h1-5,7-8,10,16-17H,6,9H2/t16-,17?/m0/s1. The molecule has 2 atom stereocenters. The minimum Gasteiger partial charge on any atom is -0.442 e. The largest absolute Gasteiger partial charge is 0.442 e. The molecule has 1 saturated heterocycles. The van der Waals surface area contributed by atoms with E-state index >= 15 is 4.39 Å². The second-order valence-electron chi connectivity index (χ2n) is 7.31. The Bertz CT molecular complexity index is 1260. The van der Waals surface area contributed by atoms with Crippen LogP contribution in [0.2, 0.25) is 0 Å². The zero-order valence-electron chi connectivity index (χ0n) is 15.9. The molecule has 6 rings (SSSR count). The van der Waals surface area contributed by atoms with Crippen LogP contribution in [0.1, 0.15) is 5.56 Å². The van der Waals surface area contributed by atoms with Crippen molar-refractivity contribution >= 4 is 11.8 Å². The highest BCUT2D eigenvalue weighted by atomic mass is 19.1. The number of nitrogens with zero attached hydrogens (tertiary/aromatic N) is 9. The molecule has 4 aromatic rings. The van der Waals surface area contributed by atoms with Crippen LogP contribution < -0.4 is 4.90 Å². The van der Waals surface area contributed by atoms with Gasteiger partial charge in [0, 0.05) is 23.5 Å². The van der Waals surface area contributed by atoms with Gasteiger partial charge in [0.05, 0.1) is 24.5 Å². The number of carbonyl (C=O) groups is 1. The van der Waals surface area contributed by atoms with E-state index in [1.807, 2.05) is 0 Å². The number of halogens is 1. The normalized spacial score (nSPS) is 19.4. The van der Waals surface area contributed by atoms with Gasteiger partial charge in [-0.15, -0.1) is 10.2 Å². The molecule has 1 fully saturated rings. The summed E-state index contributed by atoms with van der Waals surface area (Å²) in [5, 5.41) is 18.7. The summed E-state index contributed by atoms with van der Waals surface area (Å²) in [5.74, 6) is 0.0820. The second kappa shape index (κ2) is 6.65. The van der Waals surface area contributed by atoms with Crippen LogP contribution in [0.4, 0.5) is 14.9 Å². The number of aromatic nitrogens is 8. The molecule has 154 valence electrons. The quantitative estimate of drug-likeness (QED) is 0.487. The van der Waals surface area contributed by atoms with Crippen LogP contribution in [-0.4, -0.2) is 58.4 Å². The molecule has 1 amide bonds. The Labute approximate surface area is 174 Å². The lowest BCUT2D eigenvalue weighted by Gasteiger charge is -2.16. The van der Waals surface area contributed by atoms with Crippen LogP contribution in [0.5, 0.6) is 0 Å². The van der Waals surface area contributed by atoms with Crippen molar-refractivity contribution in [3.8, 4) is 16.9 Å². The average molecular weight is 419 g/mol. The highest BCUT2D eigenvalue weighted by Gasteiger charge is 2.48. The van der Waals surface area contributed by atoms with Crippen molar-refractivity contribution in [1.82, 2.24) is 40.2 Å². The summed E-state index contributed by atoms with van der Waals surface area (Å²) >= 11 is 0. The molecule has 3 aromatic heterocycles. The van der Waals surface area contributed by atoms with Gasteiger partial charge in [-0.3, -0.25) is 4.90 Å². The number of ether oxygens (including phenoxy) is 1. The molecule has 0 radical (unpaired) electrons. The Hall–Kier alpha value is -4.22. The molecule has 0 saturated carbocycles. The molecule has 12 heteroatoms. The highest BCUT2D eigenvalue weighted by Crippen LogP contribution is 2.42. The molecule has 11 nitrogen and oxygen atoms in total. The molecule has 1 aromatic carbocycles. The van der Waals surface area contributed by atoms with Gasteiger partial charge in [-0.1, -0.05) is 5.21 Å². The smallest absolute Gasteiger partial charge is 0.415 e. The first-order valence-electron chi connectivity index (χ1n) is 9.53. The van der Waals surface area contributed by atoms with Gasteiger partial charge < -0.3 is 4.74 Å². The molecular weight excluding hydrogens is 405 g/mol. The van der Waals surface area contributed by atoms with Gasteiger partial charge in [-0.2, -0.15) is 4.68 Å². The number of tetrazole rings is 1. The first-order valence-corrected chi connectivity index (χ1v) is 9.53. The summed E-state index contributed by atoms with van der Waals surface area (Å²) in [6, 6.07) is 6.41. The Morgan fingerprint density at radius 1 is 1.19 bits per heavy atom. The molecular formula is C19H14FN9O2. The number of rotatable bonds is 4. The van der Waals surface area contributed by atoms with Crippen LogP contribution in [0.15, 0.2) is 49.2 Å². The van der Waals surface area contributed by atoms with E-state index in [0.29, 0.717) is 35.6 Å². The lowest BCUT2D eigenvalue weighted by Crippen LogP contribution is -2.35. The first-order chi connectivity index (χ1) is 15.2. The van der Waals surface area contributed by atoms with Crippen LogP contribution in [-0.2, 0) is 17.7 Å². The summed E-state index contributed by atoms with van der Waals surface area (Å²) in [6.45, 7) is 0.388. The van der Waals surface area contributed by atoms with Crippen molar-refractivity contribution in [2.24, 2.45) is 0 Å². The van der Waals surface area contributed by atoms with Gasteiger partial charge in [0.15, 0.2) is 5.82 Å². The lowest BCUT2D eigenvalue weighted by atomic mass is 10.00. The number of anilines is 1. The van der Waals surface area contributed by atoms with E-state index in [2.05, 4.69) is 30.8 Å². The molecule has 0 N–H and O–H groups in total. The summed E-state index contributed by atoms with van der Waals surface area (Å²) in [4.78, 5) is 18.3.